The predicted molar refractivity (Wildman–Crippen MR) is 100 cm³/mol. The van der Waals surface area contributed by atoms with Crippen molar-refractivity contribution in [1.29, 1.82) is 0 Å². The van der Waals surface area contributed by atoms with E-state index in [1.807, 2.05) is 0 Å². The molecule has 0 bridgehead atoms. The molecule has 1 nitrogen and oxygen atoms in total. The lowest BCUT2D eigenvalue weighted by molar-refractivity contribution is 0.309. The molecule has 0 saturated carbocycles. The summed E-state index contributed by atoms with van der Waals surface area (Å²) in [6.45, 7) is 1.04. The van der Waals surface area contributed by atoms with E-state index in [4.69, 9.17) is 0 Å². The van der Waals surface area contributed by atoms with Gasteiger partial charge in [0.15, 0.2) is 0 Å². The molecule has 0 fully saturated rings. The quantitative estimate of drug-likeness (QED) is 0.747. The SMILES string of the molecule is c1ccc(CC2(Cc3ccccc3)NCCc3ccccc32)cc1. The first kappa shape index (κ1) is 15.2. The Morgan fingerprint density at radius 1 is 0.667 bits per heavy atom. The molecule has 1 aliphatic rings. The van der Waals surface area contributed by atoms with Crippen LogP contribution in [0, 0.1) is 0 Å². The maximum atomic E-state index is 3.89. The molecule has 0 atom stereocenters. The molecule has 0 amide bonds. The van der Waals surface area contributed by atoms with Gasteiger partial charge in [-0.1, -0.05) is 84.9 Å². The topological polar surface area (TPSA) is 12.0 Å². The van der Waals surface area contributed by atoms with Gasteiger partial charge in [0.25, 0.3) is 0 Å². The summed E-state index contributed by atoms with van der Waals surface area (Å²) < 4.78 is 0. The minimum Gasteiger partial charge on any atom is -0.306 e. The Bertz CT molecular complexity index is 751. The Hall–Kier alpha value is -2.38. The average Bonchev–Trinajstić information content (AvgIpc) is 2.64. The third-order valence-electron chi connectivity index (χ3n) is 5.09. The van der Waals surface area contributed by atoms with Gasteiger partial charge < -0.3 is 5.32 Å². The first-order chi connectivity index (χ1) is 11.9. The summed E-state index contributed by atoms with van der Waals surface area (Å²) in [5.74, 6) is 0. The highest BCUT2D eigenvalue weighted by molar-refractivity contribution is 5.40. The van der Waals surface area contributed by atoms with Gasteiger partial charge in [-0.05, 0) is 41.5 Å². The second-order valence-corrected chi connectivity index (χ2v) is 6.74. The number of nitrogens with one attached hydrogen (secondary N) is 1. The van der Waals surface area contributed by atoms with Crippen molar-refractivity contribution >= 4 is 0 Å². The highest BCUT2D eigenvalue weighted by Crippen LogP contribution is 2.35. The lowest BCUT2D eigenvalue weighted by atomic mass is 9.74. The molecule has 3 aromatic carbocycles. The molecule has 1 heterocycles. The second kappa shape index (κ2) is 6.62. The first-order valence-corrected chi connectivity index (χ1v) is 8.77. The molecule has 0 aliphatic carbocycles. The number of hydrogen-bond acceptors (Lipinski definition) is 1. The van der Waals surface area contributed by atoms with Gasteiger partial charge in [0, 0.05) is 6.54 Å². The van der Waals surface area contributed by atoms with E-state index in [0.717, 1.165) is 25.8 Å². The van der Waals surface area contributed by atoms with Crippen molar-refractivity contribution in [1.82, 2.24) is 5.32 Å². The largest absolute Gasteiger partial charge is 0.306 e. The minimum absolute atomic E-state index is 0.0302. The van der Waals surface area contributed by atoms with Crippen molar-refractivity contribution in [3.63, 3.8) is 0 Å². The van der Waals surface area contributed by atoms with Gasteiger partial charge in [0.05, 0.1) is 5.54 Å². The van der Waals surface area contributed by atoms with Gasteiger partial charge in [-0.15, -0.1) is 0 Å². The van der Waals surface area contributed by atoms with E-state index in [2.05, 4.69) is 90.2 Å². The molecule has 0 saturated heterocycles. The van der Waals surface area contributed by atoms with E-state index in [1.54, 1.807) is 0 Å². The first-order valence-electron chi connectivity index (χ1n) is 8.77. The molecule has 4 rings (SSSR count). The number of hydrogen-bond donors (Lipinski definition) is 1. The van der Waals surface area contributed by atoms with Crippen LogP contribution in [0.3, 0.4) is 0 Å². The third kappa shape index (κ3) is 3.00. The van der Waals surface area contributed by atoms with E-state index in [1.165, 1.54) is 22.3 Å². The number of fused-ring (bicyclic) bond motifs is 1. The van der Waals surface area contributed by atoms with Crippen LogP contribution in [0.5, 0.6) is 0 Å². The van der Waals surface area contributed by atoms with E-state index in [9.17, 15) is 0 Å². The predicted octanol–water partition coefficient (Wildman–Crippen LogP) is 4.51. The maximum absolute atomic E-state index is 3.89. The fraction of sp³-hybridized carbons (Fsp3) is 0.217. The van der Waals surface area contributed by atoms with Gasteiger partial charge in [0.1, 0.15) is 0 Å². The van der Waals surface area contributed by atoms with Crippen molar-refractivity contribution in [3.05, 3.63) is 107 Å². The highest BCUT2D eigenvalue weighted by atomic mass is 15.0. The summed E-state index contributed by atoms with van der Waals surface area (Å²) in [6.07, 6.45) is 3.14. The Morgan fingerprint density at radius 3 is 1.83 bits per heavy atom. The summed E-state index contributed by atoms with van der Waals surface area (Å²) in [4.78, 5) is 0. The van der Waals surface area contributed by atoms with Crippen LogP contribution in [0.25, 0.3) is 0 Å². The molecular formula is C23H23N. The van der Waals surface area contributed by atoms with Crippen LogP contribution in [0.2, 0.25) is 0 Å². The Kier molecular flexibility index (Phi) is 4.18. The van der Waals surface area contributed by atoms with Crippen LogP contribution in [-0.4, -0.2) is 6.54 Å². The molecule has 1 N–H and O–H groups in total. The monoisotopic (exact) mass is 313 g/mol. The minimum atomic E-state index is -0.0302. The molecule has 0 spiro atoms. The molecule has 24 heavy (non-hydrogen) atoms. The van der Waals surface area contributed by atoms with E-state index in [0.29, 0.717) is 0 Å². The van der Waals surface area contributed by atoms with Crippen LogP contribution in [0.4, 0.5) is 0 Å². The zero-order chi connectivity index (χ0) is 16.2. The normalized spacial score (nSPS) is 15.7. The van der Waals surface area contributed by atoms with Crippen molar-refractivity contribution in [2.45, 2.75) is 24.8 Å². The van der Waals surface area contributed by atoms with Crippen molar-refractivity contribution < 1.29 is 0 Å². The van der Waals surface area contributed by atoms with E-state index < -0.39 is 0 Å². The number of benzene rings is 3. The van der Waals surface area contributed by atoms with E-state index >= 15 is 0 Å². The van der Waals surface area contributed by atoms with Crippen LogP contribution >= 0.6 is 0 Å². The summed E-state index contributed by atoms with van der Waals surface area (Å²) in [7, 11) is 0. The Balaban J connectivity index is 1.78. The average molecular weight is 313 g/mol. The second-order valence-electron chi connectivity index (χ2n) is 6.74. The van der Waals surface area contributed by atoms with Crippen molar-refractivity contribution in [2.24, 2.45) is 0 Å². The van der Waals surface area contributed by atoms with Crippen LogP contribution in [0.15, 0.2) is 84.9 Å². The molecule has 0 unspecified atom stereocenters. The van der Waals surface area contributed by atoms with Crippen molar-refractivity contribution in [3.8, 4) is 0 Å². The lowest BCUT2D eigenvalue weighted by Gasteiger charge is -2.41. The van der Waals surface area contributed by atoms with Gasteiger partial charge >= 0.3 is 0 Å². The Morgan fingerprint density at radius 2 is 1.21 bits per heavy atom. The third-order valence-corrected chi connectivity index (χ3v) is 5.09. The van der Waals surface area contributed by atoms with Gasteiger partial charge in [-0.25, -0.2) is 0 Å². The van der Waals surface area contributed by atoms with Crippen LogP contribution in [0.1, 0.15) is 22.3 Å². The molecule has 3 aromatic rings. The van der Waals surface area contributed by atoms with Crippen LogP contribution < -0.4 is 5.32 Å². The molecular weight excluding hydrogens is 290 g/mol. The van der Waals surface area contributed by atoms with Crippen LogP contribution in [-0.2, 0) is 24.8 Å². The summed E-state index contributed by atoms with van der Waals surface area (Å²) in [5, 5.41) is 3.89. The van der Waals surface area contributed by atoms with Gasteiger partial charge in [-0.2, -0.15) is 0 Å². The van der Waals surface area contributed by atoms with E-state index in [-0.39, 0.29) is 5.54 Å². The number of rotatable bonds is 4. The lowest BCUT2D eigenvalue weighted by Crippen LogP contribution is -2.50. The summed E-state index contributed by atoms with van der Waals surface area (Å²) >= 11 is 0. The molecule has 0 aromatic heterocycles. The summed E-state index contributed by atoms with van der Waals surface area (Å²) in [5.41, 5.74) is 5.69. The zero-order valence-electron chi connectivity index (χ0n) is 13.9. The Labute approximate surface area is 144 Å². The zero-order valence-corrected chi connectivity index (χ0v) is 13.9. The molecule has 1 aliphatic heterocycles. The fourth-order valence-electron chi connectivity index (χ4n) is 4.00. The molecule has 0 radical (unpaired) electrons. The summed E-state index contributed by atoms with van der Waals surface area (Å²) in [6, 6.07) is 30.7. The van der Waals surface area contributed by atoms with Crippen molar-refractivity contribution in [2.75, 3.05) is 6.54 Å². The van der Waals surface area contributed by atoms with Gasteiger partial charge in [-0.3, -0.25) is 0 Å². The van der Waals surface area contributed by atoms with Gasteiger partial charge in [0.2, 0.25) is 0 Å². The fourth-order valence-corrected chi connectivity index (χ4v) is 4.00. The molecule has 1 heteroatoms. The standard InChI is InChI=1S/C23H23N/c1-3-9-19(10-4-1)17-23(18-20-11-5-2-6-12-20)22-14-8-7-13-21(22)15-16-24-23/h1-14,24H,15-18H2. The smallest absolute Gasteiger partial charge is 0.0519 e. The molecule has 120 valence electrons. The highest BCUT2D eigenvalue weighted by Gasteiger charge is 2.36. The maximum Gasteiger partial charge on any atom is 0.0519 e.